The lowest BCUT2D eigenvalue weighted by atomic mass is 10.1. The number of hydrogen-bond donors (Lipinski definition) is 2. The van der Waals surface area contributed by atoms with E-state index in [-0.39, 0.29) is 5.82 Å². The van der Waals surface area contributed by atoms with Crippen molar-refractivity contribution in [1.82, 2.24) is 15.3 Å². The minimum atomic E-state index is -0.242. The highest BCUT2D eigenvalue weighted by Crippen LogP contribution is 2.21. The van der Waals surface area contributed by atoms with Crippen molar-refractivity contribution < 1.29 is 4.39 Å². The number of aryl methyl sites for hydroxylation is 1. The molecule has 0 unspecified atom stereocenters. The summed E-state index contributed by atoms with van der Waals surface area (Å²) in [6, 6.07) is 5.16. The summed E-state index contributed by atoms with van der Waals surface area (Å²) in [5.74, 6) is 0.474. The number of H-pyrrole nitrogens is 1. The Hall–Kier alpha value is -1.68. The van der Waals surface area contributed by atoms with Gasteiger partial charge in [-0.25, -0.2) is 9.37 Å². The number of nitrogens with one attached hydrogen (secondary N) is 2. The molecule has 4 heteroatoms. The molecule has 0 saturated heterocycles. The SMILES string of the molecule is Cc1ccc(F)cc1-c1ncc(CNC(C)C)[nH]1. The maximum Gasteiger partial charge on any atom is 0.137 e. The summed E-state index contributed by atoms with van der Waals surface area (Å²) < 4.78 is 13.2. The van der Waals surface area contributed by atoms with Gasteiger partial charge in [0.2, 0.25) is 0 Å². The van der Waals surface area contributed by atoms with Gasteiger partial charge in [-0.05, 0) is 24.6 Å². The molecule has 18 heavy (non-hydrogen) atoms. The van der Waals surface area contributed by atoms with E-state index in [2.05, 4.69) is 29.1 Å². The van der Waals surface area contributed by atoms with E-state index in [0.717, 1.165) is 23.4 Å². The summed E-state index contributed by atoms with van der Waals surface area (Å²) in [7, 11) is 0. The van der Waals surface area contributed by atoms with Crippen LogP contribution in [0.25, 0.3) is 11.4 Å². The van der Waals surface area contributed by atoms with Crippen LogP contribution < -0.4 is 5.32 Å². The second-order valence-corrected chi connectivity index (χ2v) is 4.75. The first-order valence-corrected chi connectivity index (χ1v) is 6.10. The molecule has 2 aromatic rings. The number of nitrogens with zero attached hydrogens (tertiary/aromatic N) is 1. The van der Waals surface area contributed by atoms with Gasteiger partial charge >= 0.3 is 0 Å². The fourth-order valence-corrected chi connectivity index (χ4v) is 1.75. The van der Waals surface area contributed by atoms with Crippen LogP contribution in [0.4, 0.5) is 4.39 Å². The lowest BCUT2D eigenvalue weighted by molar-refractivity contribution is 0.583. The Kier molecular flexibility index (Phi) is 3.77. The molecule has 0 radical (unpaired) electrons. The second-order valence-electron chi connectivity index (χ2n) is 4.75. The molecule has 3 nitrogen and oxygen atoms in total. The van der Waals surface area contributed by atoms with Gasteiger partial charge in [0, 0.05) is 30.0 Å². The molecule has 1 heterocycles. The maximum absolute atomic E-state index is 13.2. The van der Waals surface area contributed by atoms with Crippen molar-refractivity contribution in [1.29, 1.82) is 0 Å². The van der Waals surface area contributed by atoms with E-state index < -0.39 is 0 Å². The lowest BCUT2D eigenvalue weighted by Crippen LogP contribution is -2.21. The number of benzene rings is 1. The average molecular weight is 247 g/mol. The molecule has 0 aliphatic rings. The predicted octanol–water partition coefficient (Wildman–Crippen LogP) is 3.02. The highest BCUT2D eigenvalue weighted by molar-refractivity contribution is 5.60. The van der Waals surface area contributed by atoms with Crippen molar-refractivity contribution in [2.75, 3.05) is 0 Å². The van der Waals surface area contributed by atoms with Gasteiger partial charge in [0.25, 0.3) is 0 Å². The quantitative estimate of drug-likeness (QED) is 0.872. The molecule has 2 N–H and O–H groups in total. The standard InChI is InChI=1S/C14H18FN3/c1-9(2)16-7-12-8-17-14(18-12)13-6-11(15)5-4-10(13)3/h4-6,8-9,16H,7H2,1-3H3,(H,17,18). The summed E-state index contributed by atoms with van der Waals surface area (Å²) in [5.41, 5.74) is 2.82. The third-order valence-electron chi connectivity index (χ3n) is 2.78. The highest BCUT2D eigenvalue weighted by Gasteiger charge is 2.08. The van der Waals surface area contributed by atoms with Crippen molar-refractivity contribution in [2.24, 2.45) is 0 Å². The predicted molar refractivity (Wildman–Crippen MR) is 70.7 cm³/mol. The van der Waals surface area contributed by atoms with Gasteiger partial charge in [-0.15, -0.1) is 0 Å². The molecule has 0 bridgehead atoms. The van der Waals surface area contributed by atoms with Crippen LogP contribution in [0.15, 0.2) is 24.4 Å². The molecule has 1 aromatic heterocycles. The zero-order valence-corrected chi connectivity index (χ0v) is 10.9. The first-order chi connectivity index (χ1) is 8.56. The smallest absolute Gasteiger partial charge is 0.137 e. The monoisotopic (exact) mass is 247 g/mol. The van der Waals surface area contributed by atoms with E-state index in [1.54, 1.807) is 12.3 Å². The Balaban J connectivity index is 2.21. The van der Waals surface area contributed by atoms with Gasteiger partial charge in [-0.1, -0.05) is 19.9 Å². The molecule has 0 aliphatic heterocycles. The minimum absolute atomic E-state index is 0.242. The fourth-order valence-electron chi connectivity index (χ4n) is 1.75. The summed E-state index contributed by atoms with van der Waals surface area (Å²) in [6.07, 6.45) is 1.79. The average Bonchev–Trinajstić information content (AvgIpc) is 2.78. The van der Waals surface area contributed by atoms with Gasteiger partial charge in [0.05, 0.1) is 0 Å². The Morgan fingerprint density at radius 3 is 2.89 bits per heavy atom. The van der Waals surface area contributed by atoms with Crippen LogP contribution in [0.3, 0.4) is 0 Å². The van der Waals surface area contributed by atoms with Crippen molar-refractivity contribution in [3.8, 4) is 11.4 Å². The van der Waals surface area contributed by atoms with Crippen molar-refractivity contribution in [3.63, 3.8) is 0 Å². The Labute approximate surface area is 106 Å². The highest BCUT2D eigenvalue weighted by atomic mass is 19.1. The normalized spacial score (nSPS) is 11.2. The van der Waals surface area contributed by atoms with Crippen LogP contribution in [0.5, 0.6) is 0 Å². The number of imidazole rings is 1. The number of aromatic nitrogens is 2. The Morgan fingerprint density at radius 1 is 1.39 bits per heavy atom. The van der Waals surface area contributed by atoms with E-state index in [4.69, 9.17) is 0 Å². The molecule has 0 fully saturated rings. The van der Waals surface area contributed by atoms with E-state index in [0.29, 0.717) is 11.9 Å². The van der Waals surface area contributed by atoms with Crippen molar-refractivity contribution in [3.05, 3.63) is 41.5 Å². The van der Waals surface area contributed by atoms with Gasteiger partial charge in [-0.3, -0.25) is 0 Å². The third-order valence-corrected chi connectivity index (χ3v) is 2.78. The molecule has 1 aromatic carbocycles. The molecule has 0 amide bonds. The Bertz CT molecular complexity index is 532. The zero-order valence-electron chi connectivity index (χ0n) is 10.9. The van der Waals surface area contributed by atoms with Crippen LogP contribution >= 0.6 is 0 Å². The van der Waals surface area contributed by atoms with Gasteiger partial charge in [0.15, 0.2) is 0 Å². The summed E-state index contributed by atoms with van der Waals surface area (Å²) >= 11 is 0. The Morgan fingerprint density at radius 2 is 2.17 bits per heavy atom. The first kappa shape index (κ1) is 12.8. The number of aromatic amines is 1. The molecule has 0 spiro atoms. The van der Waals surface area contributed by atoms with Gasteiger partial charge in [0.1, 0.15) is 11.6 Å². The van der Waals surface area contributed by atoms with Crippen LogP contribution in [-0.2, 0) is 6.54 Å². The van der Waals surface area contributed by atoms with E-state index in [1.807, 2.05) is 6.92 Å². The molecular weight excluding hydrogens is 229 g/mol. The molecular formula is C14H18FN3. The first-order valence-electron chi connectivity index (χ1n) is 6.10. The summed E-state index contributed by atoms with van der Waals surface area (Å²) in [5, 5.41) is 3.31. The maximum atomic E-state index is 13.2. The molecule has 0 saturated carbocycles. The largest absolute Gasteiger partial charge is 0.341 e. The van der Waals surface area contributed by atoms with Gasteiger partial charge in [-0.2, -0.15) is 0 Å². The number of rotatable bonds is 4. The van der Waals surface area contributed by atoms with Crippen LogP contribution in [-0.4, -0.2) is 16.0 Å². The minimum Gasteiger partial charge on any atom is -0.341 e. The number of hydrogen-bond acceptors (Lipinski definition) is 2. The van der Waals surface area contributed by atoms with Crippen LogP contribution in [0.2, 0.25) is 0 Å². The van der Waals surface area contributed by atoms with E-state index >= 15 is 0 Å². The summed E-state index contributed by atoms with van der Waals surface area (Å²) in [6.45, 7) is 6.87. The topological polar surface area (TPSA) is 40.7 Å². The third kappa shape index (κ3) is 2.96. The van der Waals surface area contributed by atoms with Crippen molar-refractivity contribution in [2.45, 2.75) is 33.4 Å². The van der Waals surface area contributed by atoms with Crippen LogP contribution in [0.1, 0.15) is 25.1 Å². The fraction of sp³-hybridized carbons (Fsp3) is 0.357. The second kappa shape index (κ2) is 5.31. The molecule has 0 atom stereocenters. The van der Waals surface area contributed by atoms with Crippen LogP contribution in [0, 0.1) is 12.7 Å². The van der Waals surface area contributed by atoms with Gasteiger partial charge < -0.3 is 10.3 Å². The lowest BCUT2D eigenvalue weighted by Gasteiger charge is -2.06. The zero-order chi connectivity index (χ0) is 13.1. The van der Waals surface area contributed by atoms with E-state index in [1.165, 1.54) is 12.1 Å². The molecule has 2 rings (SSSR count). The van der Waals surface area contributed by atoms with E-state index in [9.17, 15) is 4.39 Å². The molecule has 96 valence electrons. The van der Waals surface area contributed by atoms with Crippen molar-refractivity contribution >= 4 is 0 Å². The number of halogens is 1. The molecule has 0 aliphatic carbocycles. The summed E-state index contributed by atoms with van der Waals surface area (Å²) in [4.78, 5) is 7.52.